The van der Waals surface area contributed by atoms with Crippen molar-refractivity contribution in [2.45, 2.75) is 31.3 Å². The van der Waals surface area contributed by atoms with Gasteiger partial charge in [0.15, 0.2) is 0 Å². The number of hydrogen-bond acceptors (Lipinski definition) is 6. The number of nitrogens with zero attached hydrogens (tertiary/aromatic N) is 2. The van der Waals surface area contributed by atoms with Crippen LogP contribution in [0.1, 0.15) is 29.5 Å². The lowest BCUT2D eigenvalue weighted by atomic mass is 9.98. The van der Waals surface area contributed by atoms with Gasteiger partial charge in [-0.1, -0.05) is 60.7 Å². The maximum Gasteiger partial charge on any atom is 0.326 e. The summed E-state index contributed by atoms with van der Waals surface area (Å²) in [7, 11) is 2.94. The van der Waals surface area contributed by atoms with Gasteiger partial charge in [-0.15, -0.1) is 0 Å². The molecule has 0 aromatic heterocycles. The van der Waals surface area contributed by atoms with E-state index in [-0.39, 0.29) is 18.9 Å². The fourth-order valence-electron chi connectivity index (χ4n) is 4.52. The van der Waals surface area contributed by atoms with Crippen molar-refractivity contribution in [1.29, 1.82) is 0 Å². The molecule has 0 saturated heterocycles. The monoisotopic (exact) mass is 501 g/mol. The number of aliphatic carboxylic acids is 1. The van der Waals surface area contributed by atoms with Gasteiger partial charge < -0.3 is 24.6 Å². The van der Waals surface area contributed by atoms with Crippen LogP contribution in [0.2, 0.25) is 0 Å². The third-order valence-corrected chi connectivity index (χ3v) is 6.76. The number of hydrogen-bond donors (Lipinski definition) is 1. The SMILES string of the molecule is COc1ccc(C[C@H](N=C([O-])OCC2c3ccccc3-c3ccccc32)C(=O)N(C)[C@@H](C)C(=O)O)cc1. The van der Waals surface area contributed by atoms with Gasteiger partial charge in [0.1, 0.15) is 23.9 Å². The Bertz CT molecular complexity index is 1260. The van der Waals surface area contributed by atoms with E-state index in [1.807, 2.05) is 48.5 Å². The van der Waals surface area contributed by atoms with Crippen molar-refractivity contribution >= 4 is 18.0 Å². The lowest BCUT2D eigenvalue weighted by Crippen LogP contribution is -2.46. The number of carboxylic acids is 1. The second kappa shape index (κ2) is 11.2. The molecule has 4 rings (SSSR count). The summed E-state index contributed by atoms with van der Waals surface area (Å²) >= 11 is 0. The zero-order chi connectivity index (χ0) is 26.5. The molecule has 37 heavy (non-hydrogen) atoms. The molecule has 0 fully saturated rings. The van der Waals surface area contributed by atoms with Gasteiger partial charge >= 0.3 is 5.97 Å². The third kappa shape index (κ3) is 5.58. The van der Waals surface area contributed by atoms with E-state index in [0.29, 0.717) is 5.75 Å². The van der Waals surface area contributed by atoms with Gasteiger partial charge in [0.2, 0.25) is 5.91 Å². The zero-order valence-electron chi connectivity index (χ0n) is 21.0. The number of carboxylic acid groups (broad SMARTS) is 1. The first kappa shape index (κ1) is 25.8. The summed E-state index contributed by atoms with van der Waals surface area (Å²) in [6, 6.07) is 20.8. The number of fused-ring (bicyclic) bond motifs is 3. The van der Waals surface area contributed by atoms with Crippen LogP contribution in [-0.2, 0) is 20.7 Å². The minimum atomic E-state index is -1.15. The summed E-state index contributed by atoms with van der Waals surface area (Å²) in [5.74, 6) is -1.23. The van der Waals surface area contributed by atoms with E-state index in [1.54, 1.807) is 31.4 Å². The smallest absolute Gasteiger partial charge is 0.326 e. The summed E-state index contributed by atoms with van der Waals surface area (Å²) < 4.78 is 10.7. The van der Waals surface area contributed by atoms with E-state index in [0.717, 1.165) is 32.7 Å². The molecule has 0 unspecified atom stereocenters. The number of aliphatic imine (C=N–C) groups is 1. The molecule has 1 amide bonds. The first-order valence-electron chi connectivity index (χ1n) is 12.0. The summed E-state index contributed by atoms with van der Waals surface area (Å²) in [6.07, 6.45) is -0.769. The Morgan fingerprint density at radius 2 is 1.57 bits per heavy atom. The summed E-state index contributed by atoms with van der Waals surface area (Å²) in [5, 5.41) is 22.2. The normalized spacial score (nSPS) is 14.3. The number of ether oxygens (including phenoxy) is 2. The standard InChI is InChI=1S/C29H30N2O6/c1-18(28(33)34)31(2)27(32)26(16-19-12-14-20(36-3)15-13-19)30-29(35)37-17-25-23-10-6-4-8-21(23)22-9-5-7-11-24(22)25/h4-15,18,25-26H,16-17H2,1-3H3,(H,30,35)(H,33,34)/p-1/t18-,26-/m0/s1. The number of benzene rings is 3. The third-order valence-electron chi connectivity index (χ3n) is 6.76. The minimum absolute atomic E-state index is 0.0706. The van der Waals surface area contributed by atoms with Gasteiger partial charge in [0, 0.05) is 26.0 Å². The van der Waals surface area contributed by atoms with Crippen LogP contribution in [0, 0.1) is 0 Å². The molecule has 3 aromatic carbocycles. The predicted molar refractivity (Wildman–Crippen MR) is 137 cm³/mol. The molecule has 8 heteroatoms. The number of methoxy groups -OCH3 is 1. The Morgan fingerprint density at radius 3 is 2.11 bits per heavy atom. The number of carbonyl (C=O) groups is 2. The quantitative estimate of drug-likeness (QED) is 0.356. The minimum Gasteiger partial charge on any atom is -0.599 e. The van der Waals surface area contributed by atoms with Gasteiger partial charge in [0.25, 0.3) is 0 Å². The summed E-state index contributed by atoms with van der Waals surface area (Å²) in [6.45, 7) is 1.47. The molecule has 0 aliphatic heterocycles. The van der Waals surface area contributed by atoms with Crippen LogP contribution in [0.15, 0.2) is 77.8 Å². The molecule has 192 valence electrons. The van der Waals surface area contributed by atoms with Crippen molar-refractivity contribution in [1.82, 2.24) is 4.90 Å². The molecule has 0 saturated carbocycles. The van der Waals surface area contributed by atoms with Crippen LogP contribution in [0.3, 0.4) is 0 Å². The van der Waals surface area contributed by atoms with Crippen molar-refractivity contribution < 1.29 is 29.3 Å². The van der Waals surface area contributed by atoms with Crippen LogP contribution in [-0.4, -0.2) is 60.8 Å². The highest BCUT2D eigenvalue weighted by Crippen LogP contribution is 2.44. The van der Waals surface area contributed by atoms with E-state index in [4.69, 9.17) is 9.47 Å². The van der Waals surface area contributed by atoms with Crippen LogP contribution in [0.5, 0.6) is 5.75 Å². The maximum absolute atomic E-state index is 13.2. The number of rotatable bonds is 9. The Morgan fingerprint density at radius 1 is 1.00 bits per heavy atom. The van der Waals surface area contributed by atoms with Gasteiger partial charge in [0.05, 0.1) is 7.11 Å². The topological polar surface area (TPSA) is 111 Å². The van der Waals surface area contributed by atoms with Crippen LogP contribution in [0.25, 0.3) is 11.1 Å². The lowest BCUT2D eigenvalue weighted by Gasteiger charge is -2.27. The maximum atomic E-state index is 13.2. The van der Waals surface area contributed by atoms with Crippen molar-refractivity contribution in [2.24, 2.45) is 4.99 Å². The number of likely N-dealkylation sites (N-methyl/N-ethyl adjacent to an activating group) is 1. The molecule has 0 spiro atoms. The fourth-order valence-corrected chi connectivity index (χ4v) is 4.52. The largest absolute Gasteiger partial charge is 0.599 e. The van der Waals surface area contributed by atoms with E-state index in [1.165, 1.54) is 14.0 Å². The Labute approximate surface area is 215 Å². The average molecular weight is 502 g/mol. The van der Waals surface area contributed by atoms with Crippen LogP contribution >= 0.6 is 0 Å². The summed E-state index contributed by atoms with van der Waals surface area (Å²) in [5.41, 5.74) is 5.08. The van der Waals surface area contributed by atoms with Crippen molar-refractivity contribution in [3.8, 4) is 16.9 Å². The highest BCUT2D eigenvalue weighted by molar-refractivity contribution is 5.88. The zero-order valence-corrected chi connectivity index (χ0v) is 21.0. The molecule has 1 N–H and O–H groups in total. The highest BCUT2D eigenvalue weighted by atomic mass is 16.6. The van der Waals surface area contributed by atoms with Crippen LogP contribution in [0.4, 0.5) is 0 Å². The molecular weight excluding hydrogens is 472 g/mol. The van der Waals surface area contributed by atoms with Crippen LogP contribution < -0.4 is 9.84 Å². The van der Waals surface area contributed by atoms with Gasteiger partial charge in [-0.3, -0.25) is 9.79 Å². The Kier molecular flexibility index (Phi) is 7.77. The predicted octanol–water partition coefficient (Wildman–Crippen LogP) is 3.08. The van der Waals surface area contributed by atoms with Crippen molar-refractivity contribution in [3.63, 3.8) is 0 Å². The molecular formula is C29H29N2O6-. The fraction of sp³-hybridized carbons (Fsp3) is 0.276. The average Bonchev–Trinajstić information content (AvgIpc) is 3.24. The number of carbonyl (C=O) groups excluding carboxylic acids is 1. The summed E-state index contributed by atoms with van der Waals surface area (Å²) in [4.78, 5) is 29.8. The molecule has 8 nitrogen and oxygen atoms in total. The second-order valence-electron chi connectivity index (χ2n) is 8.96. The molecule has 1 aliphatic rings. The van der Waals surface area contributed by atoms with Crippen molar-refractivity contribution in [3.05, 3.63) is 89.5 Å². The molecule has 2 atom stereocenters. The van der Waals surface area contributed by atoms with Gasteiger partial charge in [-0.2, -0.15) is 0 Å². The van der Waals surface area contributed by atoms with Gasteiger partial charge in [-0.05, 0) is 46.9 Å². The molecule has 0 heterocycles. The van der Waals surface area contributed by atoms with E-state index < -0.39 is 30.0 Å². The highest BCUT2D eigenvalue weighted by Gasteiger charge is 2.29. The van der Waals surface area contributed by atoms with Gasteiger partial charge in [-0.25, -0.2) is 4.79 Å². The number of amides is 1. The van der Waals surface area contributed by atoms with E-state index >= 15 is 0 Å². The molecule has 1 aliphatic carbocycles. The van der Waals surface area contributed by atoms with E-state index in [2.05, 4.69) is 4.99 Å². The molecule has 0 radical (unpaired) electrons. The first-order chi connectivity index (χ1) is 17.8. The van der Waals surface area contributed by atoms with E-state index in [9.17, 15) is 19.8 Å². The van der Waals surface area contributed by atoms with Crippen molar-refractivity contribution in [2.75, 3.05) is 20.8 Å². The Hall–Kier alpha value is -4.33. The molecule has 3 aromatic rings. The lowest BCUT2D eigenvalue weighted by molar-refractivity contribution is -0.251. The molecule has 0 bridgehead atoms. The Balaban J connectivity index is 1.55. The first-order valence-corrected chi connectivity index (χ1v) is 12.0. The second-order valence-corrected chi connectivity index (χ2v) is 8.96.